The molecule has 0 aliphatic heterocycles. The predicted molar refractivity (Wildman–Crippen MR) is 83.9 cm³/mol. The molecule has 108 valence electrons. The maximum Gasteiger partial charge on any atom is 0.288 e. The molecule has 0 atom stereocenters. The highest BCUT2D eigenvalue weighted by atomic mass is 32.1. The molecule has 6 nitrogen and oxygen atoms in total. The summed E-state index contributed by atoms with van der Waals surface area (Å²) in [6.45, 7) is 4.71. The molecule has 0 saturated heterocycles. The summed E-state index contributed by atoms with van der Waals surface area (Å²) in [5.41, 5.74) is 6.50. The molecular formula is C12H17N5OS2. The van der Waals surface area contributed by atoms with Gasteiger partial charge in [0.05, 0.1) is 5.69 Å². The van der Waals surface area contributed by atoms with Gasteiger partial charge in [0, 0.05) is 18.1 Å². The highest BCUT2D eigenvalue weighted by molar-refractivity contribution is 7.80. The van der Waals surface area contributed by atoms with E-state index in [1.165, 1.54) is 11.3 Å². The number of nitrogens with zero attached hydrogens (tertiary/aromatic N) is 2. The second-order valence-electron chi connectivity index (χ2n) is 4.29. The van der Waals surface area contributed by atoms with Crippen LogP contribution in [0.15, 0.2) is 11.6 Å². The SMILES string of the molecule is CCCCNC(=S)NNC(=O)c1c(C)nc2sccn12. The molecule has 8 heteroatoms. The fourth-order valence-corrected chi connectivity index (χ4v) is 2.68. The van der Waals surface area contributed by atoms with Crippen molar-refractivity contribution in [1.29, 1.82) is 0 Å². The third-order valence-corrected chi connectivity index (χ3v) is 3.76. The van der Waals surface area contributed by atoms with Gasteiger partial charge in [0.2, 0.25) is 0 Å². The van der Waals surface area contributed by atoms with Crippen molar-refractivity contribution in [1.82, 2.24) is 25.6 Å². The zero-order chi connectivity index (χ0) is 14.5. The van der Waals surface area contributed by atoms with Gasteiger partial charge in [-0.3, -0.25) is 20.0 Å². The van der Waals surface area contributed by atoms with Crippen molar-refractivity contribution in [2.75, 3.05) is 6.54 Å². The first-order chi connectivity index (χ1) is 9.63. The Morgan fingerprint density at radius 2 is 2.30 bits per heavy atom. The molecule has 0 bridgehead atoms. The van der Waals surface area contributed by atoms with Crippen LogP contribution in [0.1, 0.15) is 35.9 Å². The maximum atomic E-state index is 12.2. The van der Waals surface area contributed by atoms with Crippen LogP contribution < -0.4 is 16.2 Å². The molecule has 2 rings (SSSR count). The summed E-state index contributed by atoms with van der Waals surface area (Å²) >= 11 is 6.56. The van der Waals surface area contributed by atoms with Crippen LogP contribution in [0.2, 0.25) is 0 Å². The predicted octanol–water partition coefficient (Wildman–Crippen LogP) is 1.61. The molecule has 0 fully saturated rings. The quantitative estimate of drug-likeness (QED) is 0.455. The number of hydrazine groups is 1. The minimum Gasteiger partial charge on any atom is -0.361 e. The van der Waals surface area contributed by atoms with E-state index in [0.717, 1.165) is 24.3 Å². The normalized spacial score (nSPS) is 10.5. The van der Waals surface area contributed by atoms with Crippen molar-refractivity contribution in [3.63, 3.8) is 0 Å². The van der Waals surface area contributed by atoms with Crippen LogP contribution >= 0.6 is 23.6 Å². The third-order valence-electron chi connectivity index (χ3n) is 2.76. The lowest BCUT2D eigenvalue weighted by molar-refractivity contribution is 0.0937. The Hall–Kier alpha value is -1.67. The van der Waals surface area contributed by atoms with Gasteiger partial charge < -0.3 is 5.32 Å². The van der Waals surface area contributed by atoms with E-state index in [9.17, 15) is 4.79 Å². The number of hydrogen-bond acceptors (Lipinski definition) is 4. The largest absolute Gasteiger partial charge is 0.361 e. The van der Waals surface area contributed by atoms with Crippen molar-refractivity contribution < 1.29 is 4.79 Å². The van der Waals surface area contributed by atoms with Gasteiger partial charge in [-0.1, -0.05) is 13.3 Å². The monoisotopic (exact) mass is 311 g/mol. The van der Waals surface area contributed by atoms with Crippen LogP contribution in [0, 0.1) is 6.92 Å². The standard InChI is InChI=1S/C12H17N5OS2/c1-3-4-5-13-11(19)16-15-10(18)9-8(2)14-12-17(9)6-7-20-12/h6-7H,3-5H2,1-2H3,(H,15,18)(H2,13,16,19). The maximum absolute atomic E-state index is 12.2. The van der Waals surface area contributed by atoms with E-state index >= 15 is 0 Å². The molecule has 0 aliphatic carbocycles. The van der Waals surface area contributed by atoms with Crippen molar-refractivity contribution in [3.05, 3.63) is 23.0 Å². The zero-order valence-corrected chi connectivity index (χ0v) is 13.0. The fourth-order valence-electron chi connectivity index (χ4n) is 1.76. The Morgan fingerprint density at radius 1 is 1.50 bits per heavy atom. The summed E-state index contributed by atoms with van der Waals surface area (Å²) in [6, 6.07) is 0. The first-order valence-electron chi connectivity index (χ1n) is 6.39. The number of thiocarbonyl (C=S) groups is 1. The average molecular weight is 311 g/mol. The summed E-state index contributed by atoms with van der Waals surface area (Å²) < 4.78 is 1.77. The van der Waals surface area contributed by atoms with Crippen LogP contribution in [-0.2, 0) is 0 Å². The van der Waals surface area contributed by atoms with Gasteiger partial charge in [0.1, 0.15) is 5.69 Å². The van der Waals surface area contributed by atoms with Crippen LogP contribution in [0.5, 0.6) is 0 Å². The van der Waals surface area contributed by atoms with Gasteiger partial charge in [-0.15, -0.1) is 11.3 Å². The first-order valence-corrected chi connectivity index (χ1v) is 7.68. The lowest BCUT2D eigenvalue weighted by atomic mass is 10.3. The van der Waals surface area contributed by atoms with Gasteiger partial charge in [0.15, 0.2) is 10.1 Å². The zero-order valence-electron chi connectivity index (χ0n) is 11.4. The number of unbranched alkanes of at least 4 members (excludes halogenated alkanes) is 1. The lowest BCUT2D eigenvalue weighted by Gasteiger charge is -2.11. The topological polar surface area (TPSA) is 70.5 Å². The molecule has 2 aromatic heterocycles. The highest BCUT2D eigenvalue weighted by Gasteiger charge is 2.17. The summed E-state index contributed by atoms with van der Waals surface area (Å²) in [7, 11) is 0. The molecule has 0 unspecified atom stereocenters. The van der Waals surface area contributed by atoms with Crippen molar-refractivity contribution in [2.24, 2.45) is 0 Å². The minimum atomic E-state index is -0.256. The number of aryl methyl sites for hydroxylation is 1. The van der Waals surface area contributed by atoms with Gasteiger partial charge in [-0.05, 0) is 25.6 Å². The second kappa shape index (κ2) is 6.67. The fraction of sp³-hybridized carbons (Fsp3) is 0.417. The highest BCUT2D eigenvalue weighted by Crippen LogP contribution is 2.16. The Bertz CT molecular complexity index is 618. The summed E-state index contributed by atoms with van der Waals surface area (Å²) in [4.78, 5) is 17.3. The molecular weight excluding hydrogens is 294 g/mol. The molecule has 2 aromatic rings. The average Bonchev–Trinajstić information content (AvgIpc) is 2.96. The smallest absolute Gasteiger partial charge is 0.288 e. The Kier molecular flexibility index (Phi) is 4.91. The van der Waals surface area contributed by atoms with E-state index in [1.807, 2.05) is 18.5 Å². The van der Waals surface area contributed by atoms with Crippen molar-refractivity contribution >= 4 is 39.5 Å². The van der Waals surface area contributed by atoms with Crippen LogP contribution in [-0.4, -0.2) is 26.9 Å². The third kappa shape index (κ3) is 3.26. The van der Waals surface area contributed by atoms with E-state index in [-0.39, 0.29) is 5.91 Å². The number of rotatable bonds is 4. The van der Waals surface area contributed by atoms with Gasteiger partial charge in [0.25, 0.3) is 5.91 Å². The summed E-state index contributed by atoms with van der Waals surface area (Å²) in [5.74, 6) is -0.256. The molecule has 0 saturated carbocycles. The number of thiazole rings is 1. The molecule has 0 aliphatic rings. The van der Waals surface area contributed by atoms with E-state index in [2.05, 4.69) is 28.1 Å². The Labute approximate surface area is 126 Å². The van der Waals surface area contributed by atoms with E-state index < -0.39 is 0 Å². The Morgan fingerprint density at radius 3 is 3.05 bits per heavy atom. The number of hydrogen-bond donors (Lipinski definition) is 3. The van der Waals surface area contributed by atoms with Crippen LogP contribution in [0.25, 0.3) is 4.96 Å². The van der Waals surface area contributed by atoms with Crippen molar-refractivity contribution in [3.8, 4) is 0 Å². The number of carbonyl (C=O) groups excluding carboxylic acids is 1. The number of imidazole rings is 1. The number of carbonyl (C=O) groups is 1. The van der Waals surface area contributed by atoms with E-state index in [4.69, 9.17) is 12.2 Å². The van der Waals surface area contributed by atoms with Crippen LogP contribution in [0.3, 0.4) is 0 Å². The second-order valence-corrected chi connectivity index (χ2v) is 5.57. The molecule has 20 heavy (non-hydrogen) atoms. The Balaban J connectivity index is 1.93. The number of aromatic nitrogens is 2. The number of fused-ring (bicyclic) bond motifs is 1. The molecule has 0 radical (unpaired) electrons. The first kappa shape index (κ1) is 14.7. The molecule has 1 amide bonds. The van der Waals surface area contributed by atoms with E-state index in [1.54, 1.807) is 4.40 Å². The summed E-state index contributed by atoms with van der Waals surface area (Å²) in [6.07, 6.45) is 3.95. The van der Waals surface area contributed by atoms with Gasteiger partial charge in [-0.25, -0.2) is 4.98 Å². The number of amides is 1. The van der Waals surface area contributed by atoms with Gasteiger partial charge in [-0.2, -0.15) is 0 Å². The van der Waals surface area contributed by atoms with Crippen LogP contribution in [0.4, 0.5) is 0 Å². The molecule has 0 aromatic carbocycles. The molecule has 2 heterocycles. The van der Waals surface area contributed by atoms with Gasteiger partial charge >= 0.3 is 0 Å². The lowest BCUT2D eigenvalue weighted by Crippen LogP contribution is -2.47. The summed E-state index contributed by atoms with van der Waals surface area (Å²) in [5, 5.41) is 5.32. The minimum absolute atomic E-state index is 0.256. The van der Waals surface area contributed by atoms with E-state index in [0.29, 0.717) is 16.5 Å². The van der Waals surface area contributed by atoms with Crippen molar-refractivity contribution in [2.45, 2.75) is 26.7 Å². The molecule has 0 spiro atoms. The number of nitrogens with one attached hydrogen (secondary N) is 3. The molecule has 3 N–H and O–H groups in total.